The van der Waals surface area contributed by atoms with Crippen molar-refractivity contribution in [3.8, 4) is 11.4 Å². The fraction of sp³-hybridized carbons (Fsp3) is 0.143. The quantitative estimate of drug-likeness (QED) is 0.403. The normalized spacial score (nSPS) is 11.2. The molecule has 0 N–H and O–H groups in total. The summed E-state index contributed by atoms with van der Waals surface area (Å²) < 4.78 is 2.22. The van der Waals surface area contributed by atoms with Crippen LogP contribution >= 0.6 is 23.2 Å². The van der Waals surface area contributed by atoms with Crippen LogP contribution in [-0.4, -0.2) is 14.5 Å². The molecule has 0 spiro atoms. The lowest BCUT2D eigenvalue weighted by Gasteiger charge is -2.10. The molecule has 0 amide bonds. The van der Waals surface area contributed by atoms with E-state index in [9.17, 15) is 0 Å². The van der Waals surface area contributed by atoms with Gasteiger partial charge in [0.05, 0.1) is 11.0 Å². The molecule has 0 aliphatic rings. The first-order valence-electron chi connectivity index (χ1n) is 8.35. The van der Waals surface area contributed by atoms with E-state index in [-0.39, 0.29) is 0 Å². The van der Waals surface area contributed by atoms with E-state index in [0.29, 0.717) is 11.7 Å². The van der Waals surface area contributed by atoms with Crippen molar-refractivity contribution < 1.29 is 0 Å². The minimum absolute atomic E-state index is 0.473. The summed E-state index contributed by atoms with van der Waals surface area (Å²) in [5.74, 6) is 0.879. The van der Waals surface area contributed by atoms with Crippen molar-refractivity contribution in [3.05, 3.63) is 81.6 Å². The Morgan fingerprint density at radius 1 is 0.923 bits per heavy atom. The third-order valence-corrected chi connectivity index (χ3v) is 5.08. The largest absolute Gasteiger partial charge is 0.319 e. The Bertz CT molecular complexity index is 1080. The molecule has 0 aliphatic carbocycles. The highest BCUT2D eigenvalue weighted by Crippen LogP contribution is 2.28. The summed E-state index contributed by atoms with van der Waals surface area (Å²) in [7, 11) is 0. The molecule has 0 fully saturated rings. The lowest BCUT2D eigenvalue weighted by atomic mass is 10.1. The van der Waals surface area contributed by atoms with Crippen molar-refractivity contribution in [3.63, 3.8) is 0 Å². The molecule has 2 heterocycles. The van der Waals surface area contributed by atoms with Gasteiger partial charge in [-0.2, -0.15) is 0 Å². The molecule has 0 aliphatic heterocycles. The first kappa shape index (κ1) is 17.1. The predicted octanol–water partition coefficient (Wildman–Crippen LogP) is 6.07. The maximum absolute atomic E-state index is 6.03. The van der Waals surface area contributed by atoms with Crippen molar-refractivity contribution in [2.75, 3.05) is 0 Å². The number of imidazole rings is 1. The summed E-state index contributed by atoms with van der Waals surface area (Å²) in [6.07, 6.45) is 1.77. The molecular formula is C21H17Cl2N3. The molecule has 2 aromatic carbocycles. The van der Waals surface area contributed by atoms with Crippen molar-refractivity contribution in [2.45, 2.75) is 20.4 Å². The van der Waals surface area contributed by atoms with Gasteiger partial charge in [-0.05, 0) is 66.9 Å². The highest BCUT2D eigenvalue weighted by atomic mass is 35.5. The SMILES string of the molecule is Cc1cc2nc(-c3ccc(Cl)nc3)n(Cc3ccc(Cl)cc3)c2cc1C. The van der Waals surface area contributed by atoms with Crippen LogP contribution in [0.2, 0.25) is 10.2 Å². The summed E-state index contributed by atoms with van der Waals surface area (Å²) in [4.78, 5) is 9.10. The van der Waals surface area contributed by atoms with Gasteiger partial charge < -0.3 is 4.57 Å². The van der Waals surface area contributed by atoms with Crippen LogP contribution in [-0.2, 0) is 6.54 Å². The number of benzene rings is 2. The zero-order valence-electron chi connectivity index (χ0n) is 14.5. The average molecular weight is 382 g/mol. The molecule has 2 aromatic heterocycles. The van der Waals surface area contributed by atoms with Gasteiger partial charge in [0.2, 0.25) is 0 Å². The highest BCUT2D eigenvalue weighted by molar-refractivity contribution is 6.30. The average Bonchev–Trinajstić information content (AvgIpc) is 2.95. The van der Waals surface area contributed by atoms with Crippen LogP contribution in [0.5, 0.6) is 0 Å². The second-order valence-corrected chi connectivity index (χ2v) is 7.27. The molecular weight excluding hydrogens is 365 g/mol. The summed E-state index contributed by atoms with van der Waals surface area (Å²) in [6.45, 7) is 4.93. The van der Waals surface area contributed by atoms with Gasteiger partial charge in [0.1, 0.15) is 11.0 Å². The van der Waals surface area contributed by atoms with Crippen molar-refractivity contribution in [2.24, 2.45) is 0 Å². The van der Waals surface area contributed by atoms with E-state index in [1.54, 1.807) is 12.3 Å². The first-order valence-corrected chi connectivity index (χ1v) is 9.11. The summed E-state index contributed by atoms with van der Waals surface area (Å²) in [5, 5.41) is 1.21. The van der Waals surface area contributed by atoms with Crippen LogP contribution in [0, 0.1) is 13.8 Å². The minimum Gasteiger partial charge on any atom is -0.319 e. The van der Waals surface area contributed by atoms with E-state index in [1.807, 2.05) is 30.3 Å². The van der Waals surface area contributed by atoms with Gasteiger partial charge in [-0.25, -0.2) is 9.97 Å². The Hall–Kier alpha value is -2.36. The molecule has 26 heavy (non-hydrogen) atoms. The number of aryl methyl sites for hydroxylation is 2. The number of hydrogen-bond acceptors (Lipinski definition) is 2. The Kier molecular flexibility index (Phi) is 4.43. The second kappa shape index (κ2) is 6.75. The zero-order chi connectivity index (χ0) is 18.3. The Morgan fingerprint density at radius 2 is 1.65 bits per heavy atom. The van der Waals surface area contributed by atoms with Crippen LogP contribution in [0.4, 0.5) is 0 Å². The van der Waals surface area contributed by atoms with Gasteiger partial charge >= 0.3 is 0 Å². The van der Waals surface area contributed by atoms with Crippen molar-refractivity contribution >= 4 is 34.2 Å². The number of halogens is 2. The number of hydrogen-bond donors (Lipinski definition) is 0. The molecule has 0 radical (unpaired) electrons. The molecule has 0 unspecified atom stereocenters. The van der Waals surface area contributed by atoms with Crippen LogP contribution < -0.4 is 0 Å². The molecule has 0 saturated carbocycles. The third kappa shape index (κ3) is 3.20. The van der Waals surface area contributed by atoms with E-state index < -0.39 is 0 Å². The van der Waals surface area contributed by atoms with Gasteiger partial charge in [0.15, 0.2) is 0 Å². The Morgan fingerprint density at radius 3 is 2.35 bits per heavy atom. The second-order valence-electron chi connectivity index (χ2n) is 6.44. The molecule has 130 valence electrons. The molecule has 3 nitrogen and oxygen atoms in total. The molecule has 5 heteroatoms. The van der Waals surface area contributed by atoms with Crippen molar-refractivity contribution in [1.29, 1.82) is 0 Å². The van der Waals surface area contributed by atoms with Crippen LogP contribution in [0.25, 0.3) is 22.4 Å². The number of fused-ring (bicyclic) bond motifs is 1. The van der Waals surface area contributed by atoms with Gasteiger partial charge in [0.25, 0.3) is 0 Å². The molecule has 0 atom stereocenters. The fourth-order valence-corrected chi connectivity index (χ4v) is 3.28. The smallest absolute Gasteiger partial charge is 0.143 e. The van der Waals surface area contributed by atoms with E-state index in [1.165, 1.54) is 11.1 Å². The Balaban J connectivity index is 1.91. The van der Waals surface area contributed by atoms with Gasteiger partial charge in [-0.3, -0.25) is 0 Å². The summed E-state index contributed by atoms with van der Waals surface area (Å²) in [5.41, 5.74) is 6.66. The van der Waals surface area contributed by atoms with E-state index in [4.69, 9.17) is 28.2 Å². The topological polar surface area (TPSA) is 30.7 Å². The zero-order valence-corrected chi connectivity index (χ0v) is 16.0. The van der Waals surface area contributed by atoms with Gasteiger partial charge in [0, 0.05) is 23.3 Å². The molecule has 4 rings (SSSR count). The maximum Gasteiger partial charge on any atom is 0.143 e. The van der Waals surface area contributed by atoms with E-state index in [2.05, 4.69) is 35.5 Å². The summed E-state index contributed by atoms with van der Waals surface area (Å²) >= 11 is 12.0. The monoisotopic (exact) mass is 381 g/mol. The summed E-state index contributed by atoms with van der Waals surface area (Å²) in [6, 6.07) is 16.0. The number of rotatable bonds is 3. The number of nitrogens with zero attached hydrogens (tertiary/aromatic N) is 3. The van der Waals surface area contributed by atoms with Crippen LogP contribution in [0.1, 0.15) is 16.7 Å². The highest BCUT2D eigenvalue weighted by Gasteiger charge is 2.14. The van der Waals surface area contributed by atoms with E-state index in [0.717, 1.165) is 33.0 Å². The van der Waals surface area contributed by atoms with E-state index >= 15 is 0 Å². The molecule has 4 aromatic rings. The van der Waals surface area contributed by atoms with Gasteiger partial charge in [-0.1, -0.05) is 35.3 Å². The number of aromatic nitrogens is 3. The Labute approximate surface area is 162 Å². The maximum atomic E-state index is 6.03. The first-order chi connectivity index (χ1) is 12.5. The predicted molar refractivity (Wildman–Crippen MR) is 108 cm³/mol. The minimum atomic E-state index is 0.473. The number of pyridine rings is 1. The fourth-order valence-electron chi connectivity index (χ4n) is 3.04. The van der Waals surface area contributed by atoms with Crippen molar-refractivity contribution in [1.82, 2.24) is 14.5 Å². The van der Waals surface area contributed by atoms with Crippen LogP contribution in [0.3, 0.4) is 0 Å². The lowest BCUT2D eigenvalue weighted by Crippen LogP contribution is -2.02. The van der Waals surface area contributed by atoms with Gasteiger partial charge in [-0.15, -0.1) is 0 Å². The lowest BCUT2D eigenvalue weighted by molar-refractivity contribution is 0.833. The van der Waals surface area contributed by atoms with Crippen LogP contribution in [0.15, 0.2) is 54.7 Å². The molecule has 0 saturated heterocycles. The third-order valence-electron chi connectivity index (χ3n) is 4.60. The molecule has 0 bridgehead atoms. The standard InChI is InChI=1S/C21H17Cl2N3/c1-13-9-18-19(10-14(13)2)26(12-15-3-6-17(22)7-4-15)21(25-18)16-5-8-20(23)24-11-16/h3-11H,12H2,1-2H3.